The summed E-state index contributed by atoms with van der Waals surface area (Å²) in [5, 5.41) is 4.16. The highest BCUT2D eigenvalue weighted by molar-refractivity contribution is 5.91. The molecule has 0 bridgehead atoms. The van der Waals surface area contributed by atoms with E-state index in [1.54, 1.807) is 27.9 Å². The quantitative estimate of drug-likeness (QED) is 0.566. The van der Waals surface area contributed by atoms with E-state index in [1.807, 2.05) is 61.7 Å². The fourth-order valence-electron chi connectivity index (χ4n) is 2.81. The zero-order valence-electron chi connectivity index (χ0n) is 15.8. The van der Waals surface area contributed by atoms with Crippen LogP contribution in [0.15, 0.2) is 73.1 Å². The highest BCUT2D eigenvalue weighted by Crippen LogP contribution is 2.09. The van der Waals surface area contributed by atoms with E-state index in [-0.39, 0.29) is 12.5 Å². The first kappa shape index (κ1) is 19.4. The summed E-state index contributed by atoms with van der Waals surface area (Å²) in [4.78, 5) is 26.3. The average Bonchev–Trinajstić information content (AvgIpc) is 3.24. The molecule has 0 N–H and O–H groups in total. The zero-order valence-corrected chi connectivity index (χ0v) is 15.8. The molecule has 28 heavy (non-hydrogen) atoms. The van der Waals surface area contributed by atoms with Gasteiger partial charge in [-0.05, 0) is 36.2 Å². The van der Waals surface area contributed by atoms with Gasteiger partial charge >= 0.3 is 5.97 Å². The molecule has 0 aliphatic heterocycles. The number of rotatable bonds is 8. The molecule has 0 saturated heterocycles. The fraction of sp³-hybridized carbons (Fsp3) is 0.227. The van der Waals surface area contributed by atoms with Crippen molar-refractivity contribution in [2.45, 2.75) is 20.0 Å². The van der Waals surface area contributed by atoms with Crippen LogP contribution < -0.4 is 0 Å². The maximum atomic E-state index is 12.4. The van der Waals surface area contributed by atoms with Crippen molar-refractivity contribution in [1.82, 2.24) is 14.7 Å². The molecular weight excluding hydrogens is 354 g/mol. The van der Waals surface area contributed by atoms with E-state index in [9.17, 15) is 9.59 Å². The Hall–Kier alpha value is -3.41. The van der Waals surface area contributed by atoms with E-state index in [4.69, 9.17) is 4.74 Å². The Bertz CT molecular complexity index is 891. The van der Waals surface area contributed by atoms with Crippen LogP contribution >= 0.6 is 0 Å². The minimum atomic E-state index is -0.505. The number of hydrogen-bond donors (Lipinski definition) is 0. The van der Waals surface area contributed by atoms with Crippen molar-refractivity contribution in [2.75, 3.05) is 13.2 Å². The topological polar surface area (TPSA) is 64.4 Å². The molecule has 0 aliphatic rings. The number of benzene rings is 2. The highest BCUT2D eigenvalue weighted by Gasteiger charge is 2.15. The molecule has 0 atom stereocenters. The SMILES string of the molecule is CCN(Cc1ccccc1)C(=O)COC(=O)c1ccc(Cn2cccn2)cc1. The van der Waals surface area contributed by atoms with Gasteiger partial charge in [0.25, 0.3) is 5.91 Å². The first-order chi connectivity index (χ1) is 13.7. The van der Waals surface area contributed by atoms with Crippen molar-refractivity contribution in [2.24, 2.45) is 0 Å². The van der Waals surface area contributed by atoms with Crippen LogP contribution in [0.1, 0.15) is 28.4 Å². The first-order valence-corrected chi connectivity index (χ1v) is 9.21. The van der Waals surface area contributed by atoms with Crippen LogP contribution in [0.25, 0.3) is 0 Å². The predicted molar refractivity (Wildman–Crippen MR) is 106 cm³/mol. The molecule has 0 aliphatic carbocycles. The van der Waals surface area contributed by atoms with Crippen LogP contribution in [-0.4, -0.2) is 39.7 Å². The standard InChI is InChI=1S/C22H23N3O3/c1-2-24(15-18-7-4-3-5-8-18)21(26)17-28-22(27)20-11-9-19(10-12-20)16-25-14-6-13-23-25/h3-14H,2,15-17H2,1H3. The van der Waals surface area contributed by atoms with Crippen molar-refractivity contribution < 1.29 is 14.3 Å². The van der Waals surface area contributed by atoms with Gasteiger partial charge in [-0.15, -0.1) is 0 Å². The number of amides is 1. The minimum Gasteiger partial charge on any atom is -0.452 e. The van der Waals surface area contributed by atoms with Gasteiger partial charge in [-0.2, -0.15) is 5.10 Å². The largest absolute Gasteiger partial charge is 0.452 e. The Morgan fingerprint density at radius 1 is 1.00 bits per heavy atom. The molecule has 1 aromatic heterocycles. The summed E-state index contributed by atoms with van der Waals surface area (Å²) in [6, 6.07) is 18.7. The molecule has 0 fully saturated rings. The number of carbonyl (C=O) groups excluding carboxylic acids is 2. The Balaban J connectivity index is 1.51. The molecule has 0 unspecified atom stereocenters. The lowest BCUT2D eigenvalue weighted by atomic mass is 10.1. The van der Waals surface area contributed by atoms with Crippen molar-refractivity contribution in [1.29, 1.82) is 0 Å². The monoisotopic (exact) mass is 377 g/mol. The van der Waals surface area contributed by atoms with E-state index < -0.39 is 5.97 Å². The van der Waals surface area contributed by atoms with Crippen LogP contribution in [0.2, 0.25) is 0 Å². The van der Waals surface area contributed by atoms with Gasteiger partial charge in [0.05, 0.1) is 12.1 Å². The normalized spacial score (nSPS) is 10.5. The molecule has 6 nitrogen and oxygen atoms in total. The van der Waals surface area contributed by atoms with Gasteiger partial charge in [0, 0.05) is 25.5 Å². The second-order valence-corrected chi connectivity index (χ2v) is 6.37. The van der Waals surface area contributed by atoms with Gasteiger partial charge in [-0.1, -0.05) is 42.5 Å². The van der Waals surface area contributed by atoms with Crippen molar-refractivity contribution >= 4 is 11.9 Å². The van der Waals surface area contributed by atoms with Crippen LogP contribution in [-0.2, 0) is 22.6 Å². The van der Waals surface area contributed by atoms with Gasteiger partial charge in [-0.3, -0.25) is 9.48 Å². The summed E-state index contributed by atoms with van der Waals surface area (Å²) in [5.74, 6) is -0.718. The third-order valence-corrected chi connectivity index (χ3v) is 4.37. The molecular formula is C22H23N3O3. The number of carbonyl (C=O) groups is 2. The van der Waals surface area contributed by atoms with Gasteiger partial charge < -0.3 is 9.64 Å². The summed E-state index contributed by atoms with van der Waals surface area (Å²) in [6.07, 6.45) is 3.60. The Morgan fingerprint density at radius 3 is 2.39 bits per heavy atom. The summed E-state index contributed by atoms with van der Waals surface area (Å²) in [6.45, 7) is 3.31. The molecule has 6 heteroatoms. The number of likely N-dealkylation sites (N-methyl/N-ethyl adjacent to an activating group) is 1. The summed E-state index contributed by atoms with van der Waals surface area (Å²) >= 11 is 0. The smallest absolute Gasteiger partial charge is 0.338 e. The van der Waals surface area contributed by atoms with E-state index in [0.717, 1.165) is 11.1 Å². The Morgan fingerprint density at radius 2 is 1.75 bits per heavy atom. The molecule has 1 heterocycles. The van der Waals surface area contributed by atoms with Gasteiger partial charge in [0.15, 0.2) is 6.61 Å². The van der Waals surface area contributed by atoms with Gasteiger partial charge in [0.1, 0.15) is 0 Å². The summed E-state index contributed by atoms with van der Waals surface area (Å²) in [7, 11) is 0. The first-order valence-electron chi connectivity index (χ1n) is 9.21. The highest BCUT2D eigenvalue weighted by atomic mass is 16.5. The average molecular weight is 377 g/mol. The van der Waals surface area contributed by atoms with Gasteiger partial charge in [0.2, 0.25) is 0 Å². The van der Waals surface area contributed by atoms with E-state index in [0.29, 0.717) is 25.2 Å². The van der Waals surface area contributed by atoms with Crippen LogP contribution in [0.5, 0.6) is 0 Å². The van der Waals surface area contributed by atoms with E-state index in [1.165, 1.54) is 0 Å². The molecule has 0 radical (unpaired) electrons. The van der Waals surface area contributed by atoms with Crippen LogP contribution in [0.3, 0.4) is 0 Å². The van der Waals surface area contributed by atoms with Crippen LogP contribution in [0, 0.1) is 0 Å². The van der Waals surface area contributed by atoms with Crippen molar-refractivity contribution in [3.63, 3.8) is 0 Å². The number of nitrogens with zero attached hydrogens (tertiary/aromatic N) is 3. The minimum absolute atomic E-state index is 0.213. The molecule has 0 saturated carbocycles. The van der Waals surface area contributed by atoms with Crippen molar-refractivity contribution in [3.05, 3.63) is 89.7 Å². The lowest BCUT2D eigenvalue weighted by Crippen LogP contribution is -2.34. The third kappa shape index (κ3) is 5.30. The van der Waals surface area contributed by atoms with E-state index in [2.05, 4.69) is 5.10 Å². The number of esters is 1. The zero-order chi connectivity index (χ0) is 19.8. The predicted octanol–water partition coefficient (Wildman–Crippen LogP) is 3.14. The van der Waals surface area contributed by atoms with Crippen LogP contribution in [0.4, 0.5) is 0 Å². The molecule has 144 valence electrons. The maximum absolute atomic E-state index is 12.4. The van der Waals surface area contributed by atoms with Gasteiger partial charge in [-0.25, -0.2) is 4.79 Å². The summed E-state index contributed by atoms with van der Waals surface area (Å²) in [5.41, 5.74) is 2.48. The summed E-state index contributed by atoms with van der Waals surface area (Å²) < 4.78 is 7.01. The Kier molecular flexibility index (Phi) is 6.57. The second-order valence-electron chi connectivity index (χ2n) is 6.37. The molecule has 2 aromatic carbocycles. The molecule has 3 rings (SSSR count). The number of ether oxygens (including phenoxy) is 1. The Labute approximate surface area is 164 Å². The maximum Gasteiger partial charge on any atom is 0.338 e. The lowest BCUT2D eigenvalue weighted by molar-refractivity contribution is -0.134. The number of hydrogen-bond acceptors (Lipinski definition) is 4. The lowest BCUT2D eigenvalue weighted by Gasteiger charge is -2.20. The number of aromatic nitrogens is 2. The molecule has 3 aromatic rings. The van der Waals surface area contributed by atoms with E-state index >= 15 is 0 Å². The van der Waals surface area contributed by atoms with Crippen molar-refractivity contribution in [3.8, 4) is 0 Å². The molecule has 1 amide bonds. The second kappa shape index (κ2) is 9.50. The fourth-order valence-corrected chi connectivity index (χ4v) is 2.81. The molecule has 0 spiro atoms. The third-order valence-electron chi connectivity index (χ3n) is 4.37.